The molecule has 2 rings (SSSR count). The number of nitrogens with zero attached hydrogens (tertiary/aromatic N) is 1. The number of nitrogen functional groups attached to an aromatic ring is 1. The van der Waals surface area contributed by atoms with Crippen molar-refractivity contribution in [1.82, 2.24) is 4.98 Å². The van der Waals surface area contributed by atoms with Crippen molar-refractivity contribution in [2.75, 3.05) is 11.1 Å². The summed E-state index contributed by atoms with van der Waals surface area (Å²) < 4.78 is 0. The van der Waals surface area contributed by atoms with Crippen molar-refractivity contribution in [3.05, 3.63) is 30.5 Å². The fraction of sp³-hybridized carbons (Fsp3) is 0.273. The van der Waals surface area contributed by atoms with Crippen molar-refractivity contribution in [2.24, 2.45) is 5.92 Å². The molecule has 0 saturated heterocycles. The van der Waals surface area contributed by atoms with Crippen LogP contribution in [0.5, 0.6) is 0 Å². The molecule has 0 radical (unpaired) electrons. The molecule has 1 aliphatic rings. The summed E-state index contributed by atoms with van der Waals surface area (Å²) in [5.74, 6) is 0.574. The molecule has 1 heterocycles. The minimum Gasteiger partial charge on any atom is -0.384 e. The van der Waals surface area contributed by atoms with E-state index in [1.165, 1.54) is 0 Å². The number of nitrogens with two attached hydrogens (primary N) is 1. The lowest BCUT2D eigenvalue weighted by Gasteiger charge is -2.09. The molecule has 0 unspecified atom stereocenters. The largest absolute Gasteiger partial charge is 0.384 e. The van der Waals surface area contributed by atoms with Crippen molar-refractivity contribution >= 4 is 17.4 Å². The fourth-order valence-electron chi connectivity index (χ4n) is 1.55. The van der Waals surface area contributed by atoms with Gasteiger partial charge in [-0.3, -0.25) is 4.79 Å². The lowest BCUT2D eigenvalue weighted by Crippen LogP contribution is -2.20. The summed E-state index contributed by atoms with van der Waals surface area (Å²) in [6.45, 7) is 0. The van der Waals surface area contributed by atoms with Gasteiger partial charge in [0.25, 0.3) is 0 Å². The van der Waals surface area contributed by atoms with E-state index in [2.05, 4.69) is 10.3 Å². The van der Waals surface area contributed by atoms with E-state index in [9.17, 15) is 4.79 Å². The van der Waals surface area contributed by atoms with Crippen LogP contribution >= 0.6 is 0 Å². The molecule has 0 spiro atoms. The third-order valence-electron chi connectivity index (χ3n) is 2.43. The number of nitrogens with one attached hydrogen (secondary N) is 1. The van der Waals surface area contributed by atoms with Crippen molar-refractivity contribution in [1.29, 1.82) is 0 Å². The number of hydrogen-bond acceptors (Lipinski definition) is 3. The van der Waals surface area contributed by atoms with E-state index in [0.717, 1.165) is 12.8 Å². The molecule has 0 saturated carbocycles. The standard InChI is InChI=1S/C11H13N3O/c12-10-6-5-9(7-13-10)14-11(15)8-3-1-2-4-8/h1-2,5-8H,3-4H2,(H2,12,13)(H,14,15). The Labute approximate surface area is 88.2 Å². The maximum atomic E-state index is 11.7. The summed E-state index contributed by atoms with van der Waals surface area (Å²) in [7, 11) is 0. The number of carbonyl (C=O) groups is 1. The Kier molecular flexibility index (Phi) is 2.67. The third kappa shape index (κ3) is 2.34. The lowest BCUT2D eigenvalue weighted by atomic mass is 10.1. The van der Waals surface area contributed by atoms with Gasteiger partial charge >= 0.3 is 0 Å². The van der Waals surface area contributed by atoms with E-state index in [1.807, 2.05) is 12.2 Å². The van der Waals surface area contributed by atoms with E-state index in [4.69, 9.17) is 5.73 Å². The number of hydrogen-bond donors (Lipinski definition) is 2. The summed E-state index contributed by atoms with van der Waals surface area (Å²) in [6.07, 6.45) is 7.29. The molecule has 0 fully saturated rings. The molecule has 78 valence electrons. The number of aromatic nitrogens is 1. The Balaban J connectivity index is 1.96. The molecule has 0 bridgehead atoms. The van der Waals surface area contributed by atoms with Gasteiger partial charge in [0.05, 0.1) is 11.9 Å². The monoisotopic (exact) mass is 203 g/mol. The fourth-order valence-corrected chi connectivity index (χ4v) is 1.55. The molecule has 15 heavy (non-hydrogen) atoms. The molecular weight excluding hydrogens is 190 g/mol. The van der Waals surface area contributed by atoms with Gasteiger partial charge < -0.3 is 11.1 Å². The number of anilines is 2. The minimum absolute atomic E-state index is 0.0478. The second-order valence-corrected chi connectivity index (χ2v) is 3.60. The summed E-state index contributed by atoms with van der Waals surface area (Å²) >= 11 is 0. The highest BCUT2D eigenvalue weighted by molar-refractivity contribution is 5.92. The molecule has 0 aromatic carbocycles. The van der Waals surface area contributed by atoms with Crippen LogP contribution < -0.4 is 11.1 Å². The maximum Gasteiger partial charge on any atom is 0.228 e. The van der Waals surface area contributed by atoms with Gasteiger partial charge in [0, 0.05) is 5.92 Å². The molecule has 1 aliphatic carbocycles. The van der Waals surface area contributed by atoms with Crippen LogP contribution in [0.25, 0.3) is 0 Å². The van der Waals surface area contributed by atoms with Crippen LogP contribution in [-0.4, -0.2) is 10.9 Å². The van der Waals surface area contributed by atoms with Gasteiger partial charge in [-0.15, -0.1) is 0 Å². The SMILES string of the molecule is Nc1ccc(NC(=O)C2CC=CC2)cn1. The smallest absolute Gasteiger partial charge is 0.228 e. The van der Waals surface area contributed by atoms with E-state index >= 15 is 0 Å². The predicted molar refractivity (Wildman–Crippen MR) is 59.1 cm³/mol. The minimum atomic E-state index is 0.0478. The van der Waals surface area contributed by atoms with E-state index in [0.29, 0.717) is 11.5 Å². The maximum absolute atomic E-state index is 11.7. The zero-order chi connectivity index (χ0) is 10.7. The normalized spacial score (nSPS) is 15.5. The summed E-state index contributed by atoms with van der Waals surface area (Å²) in [4.78, 5) is 15.6. The Bertz CT molecular complexity index is 375. The van der Waals surface area contributed by atoms with E-state index in [-0.39, 0.29) is 11.8 Å². The Hall–Kier alpha value is -1.84. The van der Waals surface area contributed by atoms with Crippen LogP contribution in [0.4, 0.5) is 11.5 Å². The number of allylic oxidation sites excluding steroid dienone is 2. The topological polar surface area (TPSA) is 68.0 Å². The van der Waals surface area contributed by atoms with Gasteiger partial charge in [0.2, 0.25) is 5.91 Å². The first-order valence-electron chi connectivity index (χ1n) is 4.93. The molecule has 1 aromatic rings. The Morgan fingerprint density at radius 3 is 2.73 bits per heavy atom. The van der Waals surface area contributed by atoms with Gasteiger partial charge in [-0.05, 0) is 25.0 Å². The highest BCUT2D eigenvalue weighted by Gasteiger charge is 2.18. The number of rotatable bonds is 2. The molecule has 0 aliphatic heterocycles. The van der Waals surface area contributed by atoms with Crippen LogP contribution in [-0.2, 0) is 4.79 Å². The highest BCUT2D eigenvalue weighted by Crippen LogP contribution is 2.19. The summed E-state index contributed by atoms with van der Waals surface area (Å²) in [6, 6.07) is 3.42. The van der Waals surface area contributed by atoms with Gasteiger partial charge in [-0.25, -0.2) is 4.98 Å². The van der Waals surface area contributed by atoms with Crippen molar-refractivity contribution in [3.8, 4) is 0 Å². The quantitative estimate of drug-likeness (QED) is 0.717. The summed E-state index contributed by atoms with van der Waals surface area (Å²) in [5, 5.41) is 2.81. The van der Waals surface area contributed by atoms with Crippen LogP contribution in [0, 0.1) is 5.92 Å². The molecule has 4 heteroatoms. The molecular formula is C11H13N3O. The van der Waals surface area contributed by atoms with Gasteiger partial charge in [-0.1, -0.05) is 12.2 Å². The average molecular weight is 203 g/mol. The summed E-state index contributed by atoms with van der Waals surface area (Å²) in [5.41, 5.74) is 6.14. The second kappa shape index (κ2) is 4.13. The molecule has 0 atom stereocenters. The first kappa shape index (κ1) is 9.71. The number of carbonyl (C=O) groups excluding carboxylic acids is 1. The molecule has 1 aromatic heterocycles. The van der Waals surface area contributed by atoms with Gasteiger partial charge in [0.1, 0.15) is 5.82 Å². The highest BCUT2D eigenvalue weighted by atomic mass is 16.1. The lowest BCUT2D eigenvalue weighted by molar-refractivity contribution is -0.119. The molecule has 4 nitrogen and oxygen atoms in total. The Morgan fingerprint density at radius 1 is 1.40 bits per heavy atom. The molecule has 3 N–H and O–H groups in total. The van der Waals surface area contributed by atoms with Crippen LogP contribution in [0.15, 0.2) is 30.5 Å². The number of pyridine rings is 1. The zero-order valence-electron chi connectivity index (χ0n) is 8.31. The van der Waals surface area contributed by atoms with Crippen molar-refractivity contribution < 1.29 is 4.79 Å². The number of amides is 1. The third-order valence-corrected chi connectivity index (χ3v) is 2.43. The molecule has 1 amide bonds. The second-order valence-electron chi connectivity index (χ2n) is 3.60. The predicted octanol–water partition coefficient (Wildman–Crippen LogP) is 1.57. The van der Waals surface area contributed by atoms with Crippen LogP contribution in [0.1, 0.15) is 12.8 Å². The van der Waals surface area contributed by atoms with Gasteiger partial charge in [0.15, 0.2) is 0 Å². The zero-order valence-corrected chi connectivity index (χ0v) is 8.31. The first-order valence-corrected chi connectivity index (χ1v) is 4.93. The van der Waals surface area contributed by atoms with E-state index < -0.39 is 0 Å². The Morgan fingerprint density at radius 2 is 2.13 bits per heavy atom. The van der Waals surface area contributed by atoms with Gasteiger partial charge in [-0.2, -0.15) is 0 Å². The van der Waals surface area contributed by atoms with Crippen LogP contribution in [0.3, 0.4) is 0 Å². The van der Waals surface area contributed by atoms with Crippen LogP contribution in [0.2, 0.25) is 0 Å². The van der Waals surface area contributed by atoms with Crippen molar-refractivity contribution in [3.63, 3.8) is 0 Å². The van der Waals surface area contributed by atoms with Crippen molar-refractivity contribution in [2.45, 2.75) is 12.8 Å². The average Bonchev–Trinajstić information content (AvgIpc) is 2.74. The van der Waals surface area contributed by atoms with E-state index in [1.54, 1.807) is 18.3 Å². The first-order chi connectivity index (χ1) is 7.25.